The zero-order valence-corrected chi connectivity index (χ0v) is 45.7. The minimum atomic E-state index is -1.96. The van der Waals surface area contributed by atoms with E-state index in [1.54, 1.807) is 17.4 Å². The molecule has 14 nitrogen and oxygen atoms in total. The quantitative estimate of drug-likeness (QED) is 0.0909. The second-order valence-electron chi connectivity index (χ2n) is 24.5. The first-order valence-electron chi connectivity index (χ1n) is 28.5. The molecule has 17 heteroatoms. The number of alkyl halides is 1. The second kappa shape index (κ2) is 20.1. The first-order chi connectivity index (χ1) is 37.2. The number of piperidine rings is 1. The lowest BCUT2D eigenvalue weighted by atomic mass is 9.47. The molecule has 2 saturated heterocycles. The highest BCUT2D eigenvalue weighted by Gasteiger charge is 2.60. The molecule has 77 heavy (non-hydrogen) atoms. The molecule has 6 aliphatic carbocycles. The number of aryl methyl sites for hydroxylation is 1. The average Bonchev–Trinajstić information content (AvgIpc) is 4.12. The lowest BCUT2D eigenvalue weighted by Gasteiger charge is -2.59. The van der Waals surface area contributed by atoms with Gasteiger partial charge in [0.25, 0.3) is 11.5 Å². The number of imidazole rings is 1. The maximum atomic E-state index is 15.4. The van der Waals surface area contributed by atoms with Crippen molar-refractivity contribution in [1.29, 1.82) is 0 Å². The first-order valence-corrected chi connectivity index (χ1v) is 29.7. The predicted octanol–water partition coefficient (Wildman–Crippen LogP) is 9.61. The SMILES string of the molecule is Cc1ncsc1-c1ccc([C@H](CO[C@H](C)CN2CCC(c3ccc4c(c3)n(C3CCCC3)c3nc(=O)c5c(Cl)cccc5n43)CC2)NC(=O)[C@@H]2C[C@@H](O)CN2C(=O)[C@@H](NC(=O)C2(F)CC2)C23CC4CC(CC(C4)C2)C3)cc1. The van der Waals surface area contributed by atoms with E-state index in [0.29, 0.717) is 46.4 Å². The molecule has 406 valence electrons. The Morgan fingerprint density at radius 3 is 2.30 bits per heavy atom. The number of fused-ring (bicyclic) bond motifs is 5. The first kappa shape index (κ1) is 51.2. The molecule has 8 fully saturated rings. The Morgan fingerprint density at radius 2 is 1.62 bits per heavy atom. The molecule has 3 aromatic carbocycles. The van der Waals surface area contributed by atoms with Crippen LogP contribution >= 0.6 is 22.9 Å². The van der Waals surface area contributed by atoms with Gasteiger partial charge in [0.1, 0.15) is 12.1 Å². The number of halogens is 2. The minimum Gasteiger partial charge on any atom is -0.391 e. The summed E-state index contributed by atoms with van der Waals surface area (Å²) in [5.74, 6) is 0.930. The van der Waals surface area contributed by atoms with Gasteiger partial charge in [-0.1, -0.05) is 60.8 Å². The third kappa shape index (κ3) is 9.48. The number of aromatic nitrogens is 4. The van der Waals surface area contributed by atoms with Gasteiger partial charge < -0.3 is 34.8 Å². The lowest BCUT2D eigenvalue weighted by molar-refractivity contribution is -0.153. The van der Waals surface area contributed by atoms with E-state index in [1.165, 1.54) is 10.5 Å². The number of aliphatic hydroxyl groups is 1. The van der Waals surface area contributed by atoms with Crippen LogP contribution in [0.2, 0.25) is 5.02 Å². The number of carbonyl (C=O) groups excluding carboxylic acids is 3. The summed E-state index contributed by atoms with van der Waals surface area (Å²) in [4.78, 5) is 71.0. The van der Waals surface area contributed by atoms with E-state index >= 15 is 9.18 Å². The Labute approximate surface area is 457 Å². The van der Waals surface area contributed by atoms with Gasteiger partial charge in [-0.25, -0.2) is 9.37 Å². The van der Waals surface area contributed by atoms with Crippen LogP contribution in [0.1, 0.15) is 138 Å². The third-order valence-corrected chi connectivity index (χ3v) is 20.5. The van der Waals surface area contributed by atoms with Crippen LogP contribution in [0.5, 0.6) is 0 Å². The lowest BCUT2D eigenvalue weighted by Crippen LogP contribution is -2.64. The number of nitrogens with zero attached hydrogens (tertiary/aromatic N) is 6. The molecular formula is C60H70ClFN8O6S. The summed E-state index contributed by atoms with van der Waals surface area (Å²) in [6.07, 6.45) is 11.4. The van der Waals surface area contributed by atoms with Crippen LogP contribution in [0.25, 0.3) is 38.2 Å². The van der Waals surface area contributed by atoms with Crippen molar-refractivity contribution in [3.05, 3.63) is 98.4 Å². The third-order valence-electron chi connectivity index (χ3n) is 19.2. The highest BCUT2D eigenvalue weighted by atomic mass is 35.5. The van der Waals surface area contributed by atoms with Crippen molar-refractivity contribution in [3.8, 4) is 10.4 Å². The number of rotatable bonds is 15. The number of likely N-dealkylation sites (tertiary alicyclic amines) is 2. The molecule has 5 heterocycles. The number of aliphatic hydroxyl groups excluding tert-OH is 1. The maximum absolute atomic E-state index is 15.4. The Bertz CT molecular complexity index is 3290. The van der Waals surface area contributed by atoms with Crippen molar-refractivity contribution in [2.24, 2.45) is 23.2 Å². The molecule has 6 saturated carbocycles. The molecule has 0 radical (unpaired) electrons. The fraction of sp³-hybridized carbons (Fsp3) is 0.567. The molecule has 3 N–H and O–H groups in total. The summed E-state index contributed by atoms with van der Waals surface area (Å²) in [5, 5.41) is 18.3. The van der Waals surface area contributed by atoms with Crippen LogP contribution in [0.3, 0.4) is 0 Å². The number of hydrogen-bond donors (Lipinski definition) is 3. The summed E-state index contributed by atoms with van der Waals surface area (Å²) in [6, 6.07) is 18.2. The topological polar surface area (TPSA) is 163 Å². The van der Waals surface area contributed by atoms with Gasteiger partial charge in [0.15, 0.2) is 5.67 Å². The molecule has 3 aromatic heterocycles. The van der Waals surface area contributed by atoms with E-state index in [-0.39, 0.29) is 50.1 Å². The van der Waals surface area contributed by atoms with Crippen molar-refractivity contribution in [2.75, 3.05) is 32.8 Å². The minimum absolute atomic E-state index is 0.0408. The molecule has 0 unspecified atom stereocenters. The van der Waals surface area contributed by atoms with Crippen LogP contribution in [0.15, 0.2) is 71.0 Å². The van der Waals surface area contributed by atoms with Crippen molar-refractivity contribution in [3.63, 3.8) is 0 Å². The molecule has 4 bridgehead atoms. The fourth-order valence-electron chi connectivity index (χ4n) is 15.6. The summed E-state index contributed by atoms with van der Waals surface area (Å²) >= 11 is 8.17. The van der Waals surface area contributed by atoms with E-state index < -0.39 is 53.0 Å². The van der Waals surface area contributed by atoms with Gasteiger partial charge in [-0.15, -0.1) is 11.3 Å². The highest BCUT2D eigenvalue weighted by Crippen LogP contribution is 2.62. The molecule has 2 aliphatic heterocycles. The Hall–Kier alpha value is -5.26. The van der Waals surface area contributed by atoms with Crippen LogP contribution in [0.4, 0.5) is 4.39 Å². The van der Waals surface area contributed by atoms with E-state index in [2.05, 4.69) is 59.6 Å². The predicted molar refractivity (Wildman–Crippen MR) is 296 cm³/mol. The Balaban J connectivity index is 0.706. The molecule has 14 rings (SSSR count). The average molecular weight is 1090 g/mol. The fourth-order valence-corrected chi connectivity index (χ4v) is 16.6. The number of β-amino-alcohol motifs (C(OH)–C–C–N with tert-alkyl or cyclic N) is 1. The largest absolute Gasteiger partial charge is 0.391 e. The zero-order chi connectivity index (χ0) is 52.9. The number of thiazole rings is 1. The standard InChI is InChI=1S/C60H70ClFN8O6S/c1-34(30-67-20-16-39(17-21-67)42-14-15-47-49(25-42)69(43-6-3-4-7-43)58-66-55(73)51-45(61)8-5-9-48(51)70(47)58)76-32-46(40-10-12-41(13-11-40)52-35(2)63-33-77-52)64-54(72)50-26-44(71)31-68(50)56(74)53(65-57(75)60(62)18-19-60)59-27-36-22-37(28-59)24-38(23-36)29-59/h5,8-15,25,33-34,36-39,43-44,46,50,53,71H,3-4,6-7,16-24,26-32H2,1-2H3,(H,64,72)(H,65,75)/t34-,36?,37?,38?,44-,46+,50+,53-,59?/m1/s1. The van der Waals surface area contributed by atoms with Gasteiger partial charge in [-0.05, 0) is 169 Å². The van der Waals surface area contributed by atoms with Crippen molar-refractivity contribution >= 4 is 68.4 Å². The number of hydrogen-bond acceptors (Lipinski definition) is 10. The van der Waals surface area contributed by atoms with E-state index in [4.69, 9.17) is 16.3 Å². The zero-order valence-electron chi connectivity index (χ0n) is 44.1. The summed E-state index contributed by atoms with van der Waals surface area (Å²) in [6.45, 7) is 6.68. The van der Waals surface area contributed by atoms with E-state index in [1.807, 2.05) is 48.8 Å². The molecule has 8 aliphatic rings. The number of ether oxygens (including phenoxy) is 1. The van der Waals surface area contributed by atoms with Gasteiger partial charge in [-0.2, -0.15) is 4.98 Å². The molecular weight excluding hydrogens is 1020 g/mol. The summed E-state index contributed by atoms with van der Waals surface area (Å²) in [5.41, 5.74) is 6.08. The Morgan fingerprint density at radius 1 is 0.909 bits per heavy atom. The highest BCUT2D eigenvalue weighted by molar-refractivity contribution is 7.13. The van der Waals surface area contributed by atoms with Crippen LogP contribution < -0.4 is 16.2 Å². The van der Waals surface area contributed by atoms with Crippen molar-refractivity contribution in [1.82, 2.24) is 39.4 Å². The number of benzene rings is 3. The number of nitrogens with one attached hydrogen (secondary N) is 2. The van der Waals surface area contributed by atoms with Crippen LogP contribution in [-0.4, -0.2) is 114 Å². The van der Waals surface area contributed by atoms with Gasteiger partial charge in [0, 0.05) is 31.0 Å². The second-order valence-corrected chi connectivity index (χ2v) is 25.7. The normalized spacial score (nSPS) is 27.4. The number of amides is 3. The van der Waals surface area contributed by atoms with Gasteiger partial charge in [0.05, 0.1) is 67.9 Å². The smallest absolute Gasteiger partial charge is 0.283 e. The van der Waals surface area contributed by atoms with Crippen molar-refractivity contribution in [2.45, 2.75) is 158 Å². The maximum Gasteiger partial charge on any atom is 0.283 e. The van der Waals surface area contributed by atoms with Gasteiger partial charge >= 0.3 is 0 Å². The Kier molecular flexibility index (Phi) is 13.4. The van der Waals surface area contributed by atoms with Gasteiger partial charge in [0.2, 0.25) is 17.6 Å². The van der Waals surface area contributed by atoms with E-state index in [0.717, 1.165) is 128 Å². The van der Waals surface area contributed by atoms with Gasteiger partial charge in [-0.3, -0.25) is 23.6 Å². The summed E-state index contributed by atoms with van der Waals surface area (Å²) < 4.78 is 26.5. The van der Waals surface area contributed by atoms with Crippen molar-refractivity contribution < 1.29 is 28.6 Å². The van der Waals surface area contributed by atoms with E-state index in [9.17, 15) is 19.5 Å². The summed E-state index contributed by atoms with van der Waals surface area (Å²) in [7, 11) is 0. The molecule has 6 aromatic rings. The van der Waals surface area contributed by atoms with Crippen LogP contribution in [0, 0.1) is 30.1 Å². The molecule has 5 atom stereocenters. The number of carbonyl (C=O) groups is 3. The molecule has 3 amide bonds. The van der Waals surface area contributed by atoms with Crippen LogP contribution in [-0.2, 0) is 19.1 Å². The molecule has 0 spiro atoms. The monoisotopic (exact) mass is 1080 g/mol.